The predicted octanol–water partition coefficient (Wildman–Crippen LogP) is 2.57. The van der Waals surface area contributed by atoms with E-state index in [1.165, 1.54) is 6.42 Å². The Kier molecular flexibility index (Phi) is 4.21. The molecule has 0 spiro atoms. The van der Waals surface area contributed by atoms with Gasteiger partial charge in [0.25, 0.3) is 0 Å². The normalized spacial score (nSPS) is 15.3. The Bertz CT molecular complexity index is 91.3. The maximum atomic E-state index is 5.64. The van der Waals surface area contributed by atoms with E-state index in [0.29, 0.717) is 5.04 Å². The van der Waals surface area contributed by atoms with E-state index in [4.69, 9.17) is 4.43 Å². The highest BCUT2D eigenvalue weighted by Crippen LogP contribution is 2.32. The Hall–Kier alpha value is 0.177. The number of hydrogen-bond acceptors (Lipinski definition) is 1. The molecule has 1 atom stereocenters. The lowest BCUT2D eigenvalue weighted by molar-refractivity contribution is 0.321. The SMILES string of the molecule is CCO[SiH](C)C(C)(C)CC. The molecule has 1 unspecified atom stereocenters. The lowest BCUT2D eigenvalue weighted by Gasteiger charge is -2.28. The van der Waals surface area contributed by atoms with Gasteiger partial charge in [-0.3, -0.25) is 0 Å². The van der Waals surface area contributed by atoms with Crippen molar-refractivity contribution >= 4 is 9.04 Å². The molecule has 1 nitrogen and oxygen atoms in total. The highest BCUT2D eigenvalue weighted by Gasteiger charge is 2.25. The Morgan fingerprint density at radius 3 is 2.10 bits per heavy atom. The molecule has 0 saturated heterocycles. The van der Waals surface area contributed by atoms with Gasteiger partial charge in [-0.25, -0.2) is 0 Å². The molecule has 0 bridgehead atoms. The minimum Gasteiger partial charge on any atom is -0.420 e. The van der Waals surface area contributed by atoms with Gasteiger partial charge in [0.15, 0.2) is 9.04 Å². The second-order valence-electron chi connectivity index (χ2n) is 3.44. The third-order valence-electron chi connectivity index (χ3n) is 2.43. The van der Waals surface area contributed by atoms with Crippen molar-refractivity contribution in [3.63, 3.8) is 0 Å². The molecule has 0 aliphatic heterocycles. The molecular weight excluding hydrogens is 140 g/mol. The van der Waals surface area contributed by atoms with Crippen molar-refractivity contribution < 1.29 is 4.43 Å². The first kappa shape index (κ1) is 10.2. The van der Waals surface area contributed by atoms with Gasteiger partial charge in [0.2, 0.25) is 0 Å². The van der Waals surface area contributed by atoms with Crippen molar-refractivity contribution in [3.8, 4) is 0 Å². The summed E-state index contributed by atoms with van der Waals surface area (Å²) in [6, 6.07) is 0. The first-order valence-electron chi connectivity index (χ1n) is 4.16. The molecule has 0 radical (unpaired) electrons. The highest BCUT2D eigenvalue weighted by molar-refractivity contribution is 6.53. The van der Waals surface area contributed by atoms with E-state index < -0.39 is 9.04 Å². The summed E-state index contributed by atoms with van der Waals surface area (Å²) < 4.78 is 5.64. The molecule has 0 aliphatic carbocycles. The molecule has 0 saturated carbocycles. The van der Waals surface area contributed by atoms with E-state index in [1.807, 2.05) is 0 Å². The molecule has 2 heteroatoms. The fourth-order valence-corrected chi connectivity index (χ4v) is 2.29. The van der Waals surface area contributed by atoms with E-state index in [0.717, 1.165) is 6.61 Å². The molecular formula is C8H20OSi. The number of hydrogen-bond donors (Lipinski definition) is 0. The van der Waals surface area contributed by atoms with Crippen molar-refractivity contribution in [3.05, 3.63) is 0 Å². The molecule has 10 heavy (non-hydrogen) atoms. The van der Waals surface area contributed by atoms with Gasteiger partial charge in [-0.2, -0.15) is 0 Å². The van der Waals surface area contributed by atoms with Crippen LogP contribution < -0.4 is 0 Å². The van der Waals surface area contributed by atoms with Crippen molar-refractivity contribution in [1.29, 1.82) is 0 Å². The standard InChI is InChI=1S/C8H20OSi/c1-6-8(3,4)10(5)9-7-2/h10H,6-7H2,1-5H3. The molecule has 0 aliphatic rings. The smallest absolute Gasteiger partial charge is 0.179 e. The molecule has 0 N–H and O–H groups in total. The zero-order chi connectivity index (χ0) is 8.20. The maximum Gasteiger partial charge on any atom is 0.179 e. The van der Waals surface area contributed by atoms with Gasteiger partial charge >= 0.3 is 0 Å². The summed E-state index contributed by atoms with van der Waals surface area (Å²) in [5.74, 6) is 0. The third-order valence-corrected chi connectivity index (χ3v) is 5.87. The first-order valence-corrected chi connectivity index (χ1v) is 6.36. The average molecular weight is 160 g/mol. The molecule has 0 fully saturated rings. The van der Waals surface area contributed by atoms with Gasteiger partial charge in [-0.1, -0.05) is 27.2 Å². The Morgan fingerprint density at radius 2 is 1.80 bits per heavy atom. The summed E-state index contributed by atoms with van der Waals surface area (Å²) in [7, 11) is -0.911. The van der Waals surface area contributed by atoms with Crippen LogP contribution in [-0.4, -0.2) is 15.6 Å². The van der Waals surface area contributed by atoms with Crippen molar-refractivity contribution in [2.24, 2.45) is 0 Å². The summed E-state index contributed by atoms with van der Waals surface area (Å²) in [5.41, 5.74) is 0. The minimum atomic E-state index is -0.911. The zero-order valence-corrected chi connectivity index (χ0v) is 9.05. The van der Waals surface area contributed by atoms with Crippen LogP contribution in [0.4, 0.5) is 0 Å². The maximum absolute atomic E-state index is 5.64. The van der Waals surface area contributed by atoms with Crippen LogP contribution in [0.2, 0.25) is 11.6 Å². The monoisotopic (exact) mass is 160 g/mol. The summed E-state index contributed by atoms with van der Waals surface area (Å²) in [6.45, 7) is 12.1. The summed E-state index contributed by atoms with van der Waals surface area (Å²) in [5, 5.41) is 0.468. The summed E-state index contributed by atoms with van der Waals surface area (Å²) >= 11 is 0. The van der Waals surface area contributed by atoms with Crippen LogP contribution in [-0.2, 0) is 4.43 Å². The predicted molar refractivity (Wildman–Crippen MR) is 49.0 cm³/mol. The molecule has 0 amide bonds. The van der Waals surface area contributed by atoms with E-state index in [2.05, 4.69) is 34.2 Å². The molecule has 0 aromatic rings. The molecule has 62 valence electrons. The lowest BCUT2D eigenvalue weighted by Crippen LogP contribution is -2.27. The average Bonchev–Trinajstić information content (AvgIpc) is 1.89. The van der Waals surface area contributed by atoms with E-state index >= 15 is 0 Å². The van der Waals surface area contributed by atoms with Gasteiger partial charge in [0.05, 0.1) is 0 Å². The number of rotatable bonds is 4. The molecule has 0 aromatic heterocycles. The molecule has 0 heterocycles. The van der Waals surface area contributed by atoms with Crippen molar-refractivity contribution in [2.45, 2.75) is 45.7 Å². The van der Waals surface area contributed by atoms with E-state index in [-0.39, 0.29) is 0 Å². The van der Waals surface area contributed by atoms with Crippen molar-refractivity contribution in [2.75, 3.05) is 6.61 Å². The first-order chi connectivity index (χ1) is 4.54. The summed E-state index contributed by atoms with van der Waals surface area (Å²) in [4.78, 5) is 0. The van der Waals surface area contributed by atoms with Gasteiger partial charge < -0.3 is 4.43 Å². The van der Waals surface area contributed by atoms with Crippen LogP contribution in [0.5, 0.6) is 0 Å². The van der Waals surface area contributed by atoms with Crippen LogP contribution in [0.3, 0.4) is 0 Å². The van der Waals surface area contributed by atoms with Crippen molar-refractivity contribution in [1.82, 2.24) is 0 Å². The van der Waals surface area contributed by atoms with Gasteiger partial charge in [0, 0.05) is 6.61 Å². The van der Waals surface area contributed by atoms with E-state index in [9.17, 15) is 0 Å². The Morgan fingerprint density at radius 1 is 1.30 bits per heavy atom. The second-order valence-corrected chi connectivity index (χ2v) is 6.62. The quantitative estimate of drug-likeness (QED) is 0.574. The van der Waals surface area contributed by atoms with Crippen LogP contribution in [0.1, 0.15) is 34.1 Å². The largest absolute Gasteiger partial charge is 0.420 e. The van der Waals surface area contributed by atoms with Gasteiger partial charge in [-0.15, -0.1) is 0 Å². The van der Waals surface area contributed by atoms with Gasteiger partial charge in [0.1, 0.15) is 0 Å². The lowest BCUT2D eigenvalue weighted by atomic mass is 10.1. The van der Waals surface area contributed by atoms with Crippen LogP contribution in [0.25, 0.3) is 0 Å². The minimum absolute atomic E-state index is 0.468. The second kappa shape index (κ2) is 4.14. The Balaban J connectivity index is 3.78. The molecule has 0 aromatic carbocycles. The molecule has 0 rings (SSSR count). The van der Waals surface area contributed by atoms with Crippen LogP contribution in [0, 0.1) is 0 Å². The van der Waals surface area contributed by atoms with E-state index in [1.54, 1.807) is 0 Å². The van der Waals surface area contributed by atoms with Crippen LogP contribution in [0.15, 0.2) is 0 Å². The topological polar surface area (TPSA) is 9.23 Å². The Labute approximate surface area is 66.5 Å². The summed E-state index contributed by atoms with van der Waals surface area (Å²) in [6.07, 6.45) is 1.24. The zero-order valence-electron chi connectivity index (χ0n) is 7.90. The third kappa shape index (κ3) is 2.84. The highest BCUT2D eigenvalue weighted by atomic mass is 28.3. The fourth-order valence-electron chi connectivity index (χ4n) is 0.763. The van der Waals surface area contributed by atoms with Crippen LogP contribution >= 0.6 is 0 Å². The fraction of sp³-hybridized carbons (Fsp3) is 1.00. The van der Waals surface area contributed by atoms with Gasteiger partial charge in [-0.05, 0) is 18.5 Å².